The number of carboxylic acid groups (broad SMARTS) is 1. The highest BCUT2D eigenvalue weighted by Gasteiger charge is 2.53. The fourth-order valence-corrected chi connectivity index (χ4v) is 7.36. The molecule has 43 heavy (non-hydrogen) atoms. The zero-order valence-corrected chi connectivity index (χ0v) is 27.2. The van der Waals surface area contributed by atoms with Crippen LogP contribution in [0.3, 0.4) is 0 Å². The number of fused-ring (bicyclic) bond motifs is 6. The Labute approximate surface area is 255 Å². The average Bonchev–Trinajstić information content (AvgIpc) is 3.39. The summed E-state index contributed by atoms with van der Waals surface area (Å²) in [6.07, 6.45) is 10.6. The van der Waals surface area contributed by atoms with E-state index in [0.29, 0.717) is 18.9 Å². The van der Waals surface area contributed by atoms with Gasteiger partial charge in [0.1, 0.15) is 11.2 Å². The lowest BCUT2D eigenvalue weighted by molar-refractivity contribution is -0.158. The molecule has 0 radical (unpaired) electrons. The lowest BCUT2D eigenvalue weighted by atomic mass is 9.53. The molecule has 0 saturated heterocycles. The summed E-state index contributed by atoms with van der Waals surface area (Å²) >= 11 is 0. The van der Waals surface area contributed by atoms with E-state index in [1.54, 1.807) is 0 Å². The van der Waals surface area contributed by atoms with Gasteiger partial charge in [-0.1, -0.05) is 5.16 Å². The van der Waals surface area contributed by atoms with Crippen LogP contribution in [0.25, 0.3) is 0 Å². The number of hydrogen-bond donors (Lipinski definition) is 3. The van der Waals surface area contributed by atoms with Gasteiger partial charge in [-0.3, -0.25) is 4.79 Å². The van der Waals surface area contributed by atoms with E-state index in [1.165, 1.54) is 0 Å². The quantitative estimate of drug-likeness (QED) is 0.333. The third-order valence-corrected chi connectivity index (χ3v) is 10.3. The number of ether oxygens (including phenoxy) is 2. The van der Waals surface area contributed by atoms with Gasteiger partial charge in [0.05, 0.1) is 5.41 Å². The molecule has 0 unspecified atom stereocenters. The molecule has 0 aromatic carbocycles. The highest BCUT2D eigenvalue weighted by molar-refractivity contribution is 5.75. The Kier molecular flexibility index (Phi) is 9.16. The number of aromatic nitrogens is 2. The van der Waals surface area contributed by atoms with Crippen LogP contribution in [0.2, 0.25) is 0 Å². The first-order valence-electron chi connectivity index (χ1n) is 15.9. The van der Waals surface area contributed by atoms with Crippen molar-refractivity contribution in [3.63, 3.8) is 0 Å². The molecule has 1 heterocycles. The SMILES string of the molecule is CC(C)(C)OC(=O)NCC12CCC(C(=O)O)(CC1)CC2.Cc1noc(C23CCC(CNC(=O)OC(C)(C)C)(CC2)CC3)n1. The van der Waals surface area contributed by atoms with Crippen LogP contribution in [0.15, 0.2) is 4.52 Å². The number of amides is 2. The minimum atomic E-state index is -0.647. The van der Waals surface area contributed by atoms with E-state index in [9.17, 15) is 19.5 Å². The molecule has 4 bridgehead atoms. The van der Waals surface area contributed by atoms with Crippen molar-refractivity contribution in [2.45, 2.75) is 142 Å². The number of hydrogen-bond acceptors (Lipinski definition) is 8. The summed E-state index contributed by atoms with van der Waals surface area (Å²) in [4.78, 5) is 39.5. The van der Waals surface area contributed by atoms with Crippen LogP contribution in [-0.4, -0.2) is 57.7 Å². The Morgan fingerprint density at radius 1 is 0.744 bits per heavy atom. The highest BCUT2D eigenvalue weighted by Crippen LogP contribution is 2.58. The Bertz CT molecular complexity index is 1130. The number of alkyl carbamates (subject to hydrolysis) is 2. The van der Waals surface area contributed by atoms with Gasteiger partial charge in [0.15, 0.2) is 5.82 Å². The summed E-state index contributed by atoms with van der Waals surface area (Å²) in [5, 5.41) is 19.1. The first kappa shape index (κ1) is 33.1. The van der Waals surface area contributed by atoms with E-state index in [2.05, 4.69) is 20.8 Å². The predicted molar refractivity (Wildman–Crippen MR) is 160 cm³/mol. The van der Waals surface area contributed by atoms with Gasteiger partial charge in [0.25, 0.3) is 0 Å². The fourth-order valence-electron chi connectivity index (χ4n) is 7.36. The Morgan fingerprint density at radius 2 is 1.14 bits per heavy atom. The molecule has 6 fully saturated rings. The highest BCUT2D eigenvalue weighted by atomic mass is 16.6. The fraction of sp³-hybridized carbons (Fsp3) is 0.844. The molecular formula is C32H52N4O7. The maximum atomic E-state index is 11.9. The second-order valence-corrected chi connectivity index (χ2v) is 15.7. The zero-order valence-electron chi connectivity index (χ0n) is 27.2. The van der Waals surface area contributed by atoms with Gasteiger partial charge >= 0.3 is 18.2 Å². The topological polar surface area (TPSA) is 153 Å². The standard InChI is InChI=1S/C17H27N3O3.C15H25NO4/c1-12-19-13(23-20-12)17-8-5-16(6-9-17,7-10-17)11-18-14(21)22-15(2,3)4;1-13(2,3)20-12(19)16-10-14-4-7-15(8-5-14,9-6-14)11(17)18/h5-11H2,1-4H3,(H,18,21);4-10H2,1-3H3,(H,16,19)(H,17,18). The molecule has 3 N–H and O–H groups in total. The molecular weight excluding hydrogens is 552 g/mol. The lowest BCUT2D eigenvalue weighted by Gasteiger charge is -2.51. The van der Waals surface area contributed by atoms with Gasteiger partial charge in [-0.15, -0.1) is 0 Å². The second-order valence-electron chi connectivity index (χ2n) is 15.7. The van der Waals surface area contributed by atoms with Crippen LogP contribution in [-0.2, 0) is 19.7 Å². The van der Waals surface area contributed by atoms with Gasteiger partial charge in [-0.05, 0) is 136 Å². The van der Waals surface area contributed by atoms with Gasteiger partial charge < -0.3 is 29.7 Å². The number of rotatable bonds is 6. The smallest absolute Gasteiger partial charge is 0.407 e. The molecule has 11 heteroatoms. The van der Waals surface area contributed by atoms with E-state index in [4.69, 9.17) is 14.0 Å². The first-order valence-corrected chi connectivity index (χ1v) is 15.9. The van der Waals surface area contributed by atoms with Gasteiger partial charge in [-0.2, -0.15) is 4.98 Å². The molecule has 11 nitrogen and oxygen atoms in total. The molecule has 0 atom stereocenters. The number of carbonyl (C=O) groups excluding carboxylic acids is 2. The summed E-state index contributed by atoms with van der Waals surface area (Å²) in [6.45, 7) is 14.3. The van der Waals surface area contributed by atoms with E-state index in [-0.39, 0.29) is 28.4 Å². The van der Waals surface area contributed by atoms with Crippen LogP contribution in [0.4, 0.5) is 9.59 Å². The molecule has 1 aromatic heterocycles. The van der Waals surface area contributed by atoms with E-state index < -0.39 is 22.6 Å². The molecule has 6 saturated carbocycles. The Morgan fingerprint density at radius 3 is 1.47 bits per heavy atom. The van der Waals surface area contributed by atoms with Crippen LogP contribution in [0, 0.1) is 23.2 Å². The molecule has 0 aliphatic heterocycles. The molecule has 0 spiro atoms. The van der Waals surface area contributed by atoms with Crippen molar-refractivity contribution < 1.29 is 33.5 Å². The number of aliphatic carboxylic acids is 1. The predicted octanol–water partition coefficient (Wildman–Crippen LogP) is 6.43. The molecule has 1 aromatic rings. The van der Waals surface area contributed by atoms with Crippen molar-refractivity contribution in [1.82, 2.24) is 20.8 Å². The normalized spacial score (nSPS) is 31.4. The first-order chi connectivity index (χ1) is 19.9. The van der Waals surface area contributed by atoms with Crippen molar-refractivity contribution in [2.75, 3.05) is 13.1 Å². The van der Waals surface area contributed by atoms with Crippen molar-refractivity contribution in [3.8, 4) is 0 Å². The van der Waals surface area contributed by atoms with Crippen molar-refractivity contribution >= 4 is 18.2 Å². The van der Waals surface area contributed by atoms with Crippen molar-refractivity contribution in [2.24, 2.45) is 16.2 Å². The number of nitrogens with zero attached hydrogens (tertiary/aromatic N) is 2. The van der Waals surface area contributed by atoms with Gasteiger partial charge in [0.2, 0.25) is 5.89 Å². The van der Waals surface area contributed by atoms with E-state index in [0.717, 1.165) is 82.9 Å². The number of carboxylic acids is 1. The van der Waals surface area contributed by atoms with Gasteiger partial charge in [-0.25, -0.2) is 9.59 Å². The maximum Gasteiger partial charge on any atom is 0.407 e. The number of nitrogens with one attached hydrogen (secondary N) is 2. The van der Waals surface area contributed by atoms with E-state index in [1.807, 2.05) is 48.5 Å². The van der Waals surface area contributed by atoms with Crippen LogP contribution in [0.5, 0.6) is 0 Å². The number of aryl methyl sites for hydroxylation is 1. The average molecular weight is 605 g/mol. The second kappa shape index (κ2) is 11.9. The summed E-state index contributed by atoms with van der Waals surface area (Å²) in [6, 6.07) is 0. The zero-order chi connectivity index (χ0) is 31.7. The lowest BCUT2D eigenvalue weighted by Crippen LogP contribution is -2.50. The third kappa shape index (κ3) is 8.01. The van der Waals surface area contributed by atoms with Crippen molar-refractivity contribution in [3.05, 3.63) is 11.7 Å². The molecule has 2 amide bonds. The van der Waals surface area contributed by atoms with Crippen LogP contribution < -0.4 is 10.6 Å². The summed E-state index contributed by atoms with van der Waals surface area (Å²) in [7, 11) is 0. The number of carbonyl (C=O) groups is 3. The summed E-state index contributed by atoms with van der Waals surface area (Å²) < 4.78 is 16.0. The van der Waals surface area contributed by atoms with E-state index >= 15 is 0 Å². The largest absolute Gasteiger partial charge is 0.481 e. The summed E-state index contributed by atoms with van der Waals surface area (Å²) in [5.41, 5.74) is -1.09. The third-order valence-electron chi connectivity index (χ3n) is 10.3. The van der Waals surface area contributed by atoms with Crippen LogP contribution >= 0.6 is 0 Å². The molecule has 6 aliphatic rings. The minimum absolute atomic E-state index is 0.0644. The van der Waals surface area contributed by atoms with Crippen LogP contribution in [0.1, 0.15) is 130 Å². The Hall–Kier alpha value is -2.85. The minimum Gasteiger partial charge on any atom is -0.481 e. The molecule has 6 aliphatic carbocycles. The molecule has 242 valence electrons. The molecule has 7 rings (SSSR count). The van der Waals surface area contributed by atoms with Crippen molar-refractivity contribution in [1.29, 1.82) is 0 Å². The maximum absolute atomic E-state index is 11.9. The van der Waals surface area contributed by atoms with Gasteiger partial charge in [0, 0.05) is 18.5 Å². The summed E-state index contributed by atoms with van der Waals surface area (Å²) in [5.74, 6) is 0.873. The Balaban J connectivity index is 0.000000199. The monoisotopic (exact) mass is 604 g/mol.